The average molecular weight is 254 g/mol. The molecule has 2 N–H and O–H groups in total. The van der Waals surface area contributed by atoms with E-state index in [2.05, 4.69) is 22.8 Å². The molecule has 2 aromatic rings. The first-order valence-electron chi connectivity index (χ1n) is 6.30. The fourth-order valence-corrected chi connectivity index (χ4v) is 2.09. The van der Waals surface area contributed by atoms with Gasteiger partial charge in [0.05, 0.1) is 0 Å². The zero-order valence-electron chi connectivity index (χ0n) is 11.2. The van der Waals surface area contributed by atoms with Gasteiger partial charge in [-0.15, -0.1) is 0 Å². The van der Waals surface area contributed by atoms with Crippen molar-refractivity contribution in [3.05, 3.63) is 60.2 Å². The number of likely N-dealkylation sites (N-methyl/N-ethyl adjacent to an activating group) is 2. The summed E-state index contributed by atoms with van der Waals surface area (Å²) in [5.41, 5.74) is 3.28. The Morgan fingerprint density at radius 2 is 1.47 bits per heavy atom. The van der Waals surface area contributed by atoms with Gasteiger partial charge in [0.15, 0.2) is 0 Å². The number of nitrogens with one attached hydrogen (secondary N) is 2. The van der Waals surface area contributed by atoms with Crippen LogP contribution in [0.1, 0.15) is 11.6 Å². The topological polar surface area (TPSA) is 41.1 Å². The molecule has 0 aliphatic heterocycles. The van der Waals surface area contributed by atoms with Crippen molar-refractivity contribution < 1.29 is 4.79 Å². The van der Waals surface area contributed by atoms with Crippen LogP contribution in [0.5, 0.6) is 0 Å². The van der Waals surface area contributed by atoms with Crippen LogP contribution in [0.4, 0.5) is 0 Å². The first-order chi connectivity index (χ1) is 9.26. The van der Waals surface area contributed by atoms with Crippen LogP contribution in [0, 0.1) is 0 Å². The van der Waals surface area contributed by atoms with Crippen molar-refractivity contribution in [1.82, 2.24) is 10.6 Å². The summed E-state index contributed by atoms with van der Waals surface area (Å²) < 4.78 is 0. The van der Waals surface area contributed by atoms with Crippen LogP contribution in [-0.4, -0.2) is 20.0 Å². The summed E-state index contributed by atoms with van der Waals surface area (Å²) in [6, 6.07) is 17.9. The number of rotatable bonds is 4. The summed E-state index contributed by atoms with van der Waals surface area (Å²) in [7, 11) is 3.43. The molecule has 2 rings (SSSR count). The van der Waals surface area contributed by atoms with Crippen LogP contribution in [0.25, 0.3) is 11.1 Å². The third-order valence-electron chi connectivity index (χ3n) is 3.15. The Balaban J connectivity index is 2.25. The molecule has 1 atom stereocenters. The van der Waals surface area contributed by atoms with E-state index in [0.29, 0.717) is 0 Å². The molecular weight excluding hydrogens is 236 g/mol. The van der Waals surface area contributed by atoms with E-state index in [1.165, 1.54) is 5.56 Å². The van der Waals surface area contributed by atoms with Crippen molar-refractivity contribution in [3.8, 4) is 11.1 Å². The predicted molar refractivity (Wildman–Crippen MR) is 77.7 cm³/mol. The van der Waals surface area contributed by atoms with Gasteiger partial charge >= 0.3 is 0 Å². The molecule has 0 heterocycles. The van der Waals surface area contributed by atoms with E-state index < -0.39 is 0 Å². The monoisotopic (exact) mass is 254 g/mol. The number of amides is 1. The molecule has 0 saturated carbocycles. The number of hydrogen-bond donors (Lipinski definition) is 2. The van der Waals surface area contributed by atoms with Crippen molar-refractivity contribution in [1.29, 1.82) is 0 Å². The normalized spacial score (nSPS) is 11.9. The molecule has 0 spiro atoms. The maximum Gasteiger partial charge on any atom is 0.241 e. The van der Waals surface area contributed by atoms with Crippen LogP contribution >= 0.6 is 0 Å². The van der Waals surface area contributed by atoms with Gasteiger partial charge in [0.25, 0.3) is 0 Å². The summed E-state index contributed by atoms with van der Waals surface area (Å²) >= 11 is 0. The molecule has 1 unspecified atom stereocenters. The second kappa shape index (κ2) is 6.16. The summed E-state index contributed by atoms with van der Waals surface area (Å²) in [5.74, 6) is -0.0324. The van der Waals surface area contributed by atoms with Crippen molar-refractivity contribution in [2.75, 3.05) is 14.1 Å². The van der Waals surface area contributed by atoms with E-state index in [4.69, 9.17) is 0 Å². The summed E-state index contributed by atoms with van der Waals surface area (Å²) in [4.78, 5) is 11.7. The highest BCUT2D eigenvalue weighted by atomic mass is 16.2. The molecule has 3 heteroatoms. The Morgan fingerprint density at radius 1 is 0.895 bits per heavy atom. The third kappa shape index (κ3) is 3.01. The number of hydrogen-bond acceptors (Lipinski definition) is 2. The van der Waals surface area contributed by atoms with Crippen molar-refractivity contribution >= 4 is 5.91 Å². The van der Waals surface area contributed by atoms with Gasteiger partial charge < -0.3 is 10.6 Å². The molecule has 0 saturated heterocycles. The maximum absolute atomic E-state index is 11.7. The molecule has 0 fully saturated rings. The molecule has 1 amide bonds. The molecular formula is C16H18N2O. The lowest BCUT2D eigenvalue weighted by molar-refractivity contribution is -0.122. The second-order valence-corrected chi connectivity index (χ2v) is 4.32. The molecule has 0 aliphatic carbocycles. The van der Waals surface area contributed by atoms with Crippen molar-refractivity contribution in [2.24, 2.45) is 0 Å². The highest BCUT2D eigenvalue weighted by Crippen LogP contribution is 2.21. The van der Waals surface area contributed by atoms with Gasteiger partial charge in [-0.3, -0.25) is 4.79 Å². The lowest BCUT2D eigenvalue weighted by Gasteiger charge is -2.15. The Hall–Kier alpha value is -2.13. The van der Waals surface area contributed by atoms with Crippen LogP contribution in [0.15, 0.2) is 54.6 Å². The number of carbonyl (C=O) groups excluding carboxylic acids is 1. The highest BCUT2D eigenvalue weighted by molar-refractivity contribution is 5.83. The Labute approximate surface area is 113 Å². The summed E-state index contributed by atoms with van der Waals surface area (Å²) in [5, 5.41) is 5.68. The Morgan fingerprint density at radius 3 is 2.00 bits per heavy atom. The fraction of sp³-hybridized carbons (Fsp3) is 0.188. The predicted octanol–water partition coefficient (Wildman–Crippen LogP) is 2.36. The summed E-state index contributed by atoms with van der Waals surface area (Å²) in [6.45, 7) is 0. The molecule has 0 radical (unpaired) electrons. The van der Waals surface area contributed by atoms with E-state index in [9.17, 15) is 4.79 Å². The smallest absolute Gasteiger partial charge is 0.241 e. The Bertz CT molecular complexity index is 534. The van der Waals surface area contributed by atoms with E-state index in [0.717, 1.165) is 11.1 Å². The zero-order valence-corrected chi connectivity index (χ0v) is 11.2. The van der Waals surface area contributed by atoms with Gasteiger partial charge in [-0.05, 0) is 23.7 Å². The standard InChI is InChI=1S/C16H18N2O/c1-17-15(16(19)18-2)14-10-8-13(9-11-14)12-6-4-3-5-7-12/h3-11,15,17H,1-2H3,(H,18,19). The van der Waals surface area contributed by atoms with Gasteiger partial charge in [0, 0.05) is 7.05 Å². The minimum atomic E-state index is -0.310. The summed E-state index contributed by atoms with van der Waals surface area (Å²) in [6.07, 6.45) is 0. The molecule has 98 valence electrons. The van der Waals surface area contributed by atoms with E-state index in [-0.39, 0.29) is 11.9 Å². The molecule has 0 bridgehead atoms. The van der Waals surface area contributed by atoms with Gasteiger partial charge in [-0.1, -0.05) is 54.6 Å². The second-order valence-electron chi connectivity index (χ2n) is 4.32. The highest BCUT2D eigenvalue weighted by Gasteiger charge is 2.16. The first-order valence-corrected chi connectivity index (χ1v) is 6.30. The van der Waals surface area contributed by atoms with Gasteiger partial charge in [-0.2, -0.15) is 0 Å². The molecule has 0 aromatic heterocycles. The first kappa shape index (κ1) is 13.3. The van der Waals surface area contributed by atoms with Crippen LogP contribution < -0.4 is 10.6 Å². The largest absolute Gasteiger partial charge is 0.358 e. The third-order valence-corrected chi connectivity index (χ3v) is 3.15. The lowest BCUT2D eigenvalue weighted by Crippen LogP contribution is -2.33. The number of benzene rings is 2. The van der Waals surface area contributed by atoms with Crippen LogP contribution in [0.2, 0.25) is 0 Å². The molecule has 2 aromatic carbocycles. The number of carbonyl (C=O) groups is 1. The zero-order chi connectivity index (χ0) is 13.7. The van der Waals surface area contributed by atoms with Gasteiger partial charge in [0.2, 0.25) is 5.91 Å². The minimum absolute atomic E-state index is 0.0324. The van der Waals surface area contributed by atoms with E-state index in [1.807, 2.05) is 42.5 Å². The quantitative estimate of drug-likeness (QED) is 0.879. The van der Waals surface area contributed by atoms with Crippen LogP contribution in [-0.2, 0) is 4.79 Å². The van der Waals surface area contributed by atoms with Gasteiger partial charge in [-0.25, -0.2) is 0 Å². The Kier molecular flexibility index (Phi) is 4.31. The molecule has 3 nitrogen and oxygen atoms in total. The van der Waals surface area contributed by atoms with E-state index in [1.54, 1.807) is 14.1 Å². The maximum atomic E-state index is 11.7. The van der Waals surface area contributed by atoms with Crippen molar-refractivity contribution in [2.45, 2.75) is 6.04 Å². The molecule has 19 heavy (non-hydrogen) atoms. The molecule has 0 aliphatic rings. The average Bonchev–Trinajstić information content (AvgIpc) is 2.49. The van der Waals surface area contributed by atoms with Crippen LogP contribution in [0.3, 0.4) is 0 Å². The fourth-order valence-electron chi connectivity index (χ4n) is 2.09. The van der Waals surface area contributed by atoms with Crippen molar-refractivity contribution in [3.63, 3.8) is 0 Å². The minimum Gasteiger partial charge on any atom is -0.358 e. The van der Waals surface area contributed by atoms with Gasteiger partial charge in [0.1, 0.15) is 6.04 Å². The van der Waals surface area contributed by atoms with E-state index >= 15 is 0 Å². The SMILES string of the molecule is CNC(=O)C(NC)c1ccc(-c2ccccc2)cc1. The lowest BCUT2D eigenvalue weighted by atomic mass is 10.0.